The minimum absolute atomic E-state index is 0.0808. The van der Waals surface area contributed by atoms with Gasteiger partial charge in [0.25, 0.3) is 6.43 Å². The smallest absolute Gasteiger partial charge is 0.250 e. The summed E-state index contributed by atoms with van der Waals surface area (Å²) in [7, 11) is 0. The van der Waals surface area contributed by atoms with Gasteiger partial charge < -0.3 is 5.32 Å². The summed E-state index contributed by atoms with van der Waals surface area (Å²) in [4.78, 5) is 3.91. The first-order valence-corrected chi connectivity index (χ1v) is 4.11. The van der Waals surface area contributed by atoms with Crippen LogP contribution in [0.2, 0.25) is 0 Å². The van der Waals surface area contributed by atoms with Crippen molar-refractivity contribution in [3.8, 4) is 0 Å². The van der Waals surface area contributed by atoms with Crippen LogP contribution in [0.5, 0.6) is 0 Å². The third kappa shape index (κ3) is 3.46. The van der Waals surface area contributed by atoms with Crippen molar-refractivity contribution in [2.24, 2.45) is 0 Å². The molecule has 0 aliphatic rings. The van der Waals surface area contributed by atoms with Crippen molar-refractivity contribution in [1.29, 1.82) is 0 Å². The predicted molar refractivity (Wildman–Crippen MR) is 46.7 cm³/mol. The quantitative estimate of drug-likeness (QED) is 0.777. The normalized spacial score (nSPS) is 13.2. The zero-order valence-electron chi connectivity index (χ0n) is 7.37. The van der Waals surface area contributed by atoms with Gasteiger partial charge in [0.15, 0.2) is 0 Å². The standard InChI is InChI=1S/C9H12F2N2/c1-7(13-6-9(10)11)8-3-2-4-12-5-8/h2-5,7,9,13H,6H2,1H3/t7-/m1/s1. The molecule has 0 spiro atoms. The Morgan fingerprint density at radius 2 is 2.31 bits per heavy atom. The molecule has 0 bridgehead atoms. The Balaban J connectivity index is 2.44. The molecule has 2 nitrogen and oxygen atoms in total. The van der Waals surface area contributed by atoms with Crippen LogP contribution < -0.4 is 5.32 Å². The molecule has 1 heterocycles. The van der Waals surface area contributed by atoms with E-state index in [0.29, 0.717) is 0 Å². The summed E-state index contributed by atoms with van der Waals surface area (Å²) in [5.74, 6) is 0. The Hall–Kier alpha value is -1.03. The maximum Gasteiger partial charge on any atom is 0.250 e. The fourth-order valence-corrected chi connectivity index (χ4v) is 1.02. The molecule has 0 aromatic carbocycles. The van der Waals surface area contributed by atoms with E-state index in [2.05, 4.69) is 10.3 Å². The largest absolute Gasteiger partial charge is 0.305 e. The predicted octanol–water partition coefficient (Wildman–Crippen LogP) is 2.00. The number of nitrogens with zero attached hydrogens (tertiary/aromatic N) is 1. The van der Waals surface area contributed by atoms with Crippen molar-refractivity contribution in [3.05, 3.63) is 30.1 Å². The van der Waals surface area contributed by atoms with Crippen molar-refractivity contribution >= 4 is 0 Å². The van der Waals surface area contributed by atoms with Gasteiger partial charge in [-0.1, -0.05) is 6.07 Å². The fourth-order valence-electron chi connectivity index (χ4n) is 1.02. The molecule has 72 valence electrons. The second-order valence-corrected chi connectivity index (χ2v) is 2.81. The number of hydrogen-bond donors (Lipinski definition) is 1. The number of hydrogen-bond acceptors (Lipinski definition) is 2. The molecule has 4 heteroatoms. The second kappa shape index (κ2) is 4.87. The molecule has 1 atom stereocenters. The number of pyridine rings is 1. The van der Waals surface area contributed by atoms with Gasteiger partial charge in [-0.25, -0.2) is 8.78 Å². The topological polar surface area (TPSA) is 24.9 Å². The lowest BCUT2D eigenvalue weighted by Gasteiger charge is -2.12. The van der Waals surface area contributed by atoms with Crippen molar-refractivity contribution in [1.82, 2.24) is 10.3 Å². The number of rotatable bonds is 4. The van der Waals surface area contributed by atoms with Gasteiger partial charge in [0.1, 0.15) is 0 Å². The van der Waals surface area contributed by atoms with Gasteiger partial charge in [-0.15, -0.1) is 0 Å². The maximum atomic E-state index is 11.8. The van der Waals surface area contributed by atoms with E-state index < -0.39 is 6.43 Å². The maximum absolute atomic E-state index is 11.8. The molecule has 0 saturated heterocycles. The van der Waals surface area contributed by atoms with E-state index in [1.54, 1.807) is 18.5 Å². The Labute approximate surface area is 76.0 Å². The zero-order valence-corrected chi connectivity index (χ0v) is 7.37. The molecule has 0 unspecified atom stereocenters. The molecule has 0 aliphatic heterocycles. The average Bonchev–Trinajstić information content (AvgIpc) is 2.15. The highest BCUT2D eigenvalue weighted by Gasteiger charge is 2.07. The zero-order chi connectivity index (χ0) is 9.68. The van der Waals surface area contributed by atoms with E-state index in [9.17, 15) is 8.78 Å². The van der Waals surface area contributed by atoms with Crippen LogP contribution in [0.25, 0.3) is 0 Å². The second-order valence-electron chi connectivity index (χ2n) is 2.81. The van der Waals surface area contributed by atoms with Crippen LogP contribution in [0.3, 0.4) is 0 Å². The van der Waals surface area contributed by atoms with Gasteiger partial charge in [-0.2, -0.15) is 0 Å². The number of alkyl halides is 2. The van der Waals surface area contributed by atoms with E-state index in [0.717, 1.165) is 5.56 Å². The van der Waals surface area contributed by atoms with Crippen LogP contribution in [0, 0.1) is 0 Å². The van der Waals surface area contributed by atoms with Crippen LogP contribution in [0.4, 0.5) is 8.78 Å². The minimum atomic E-state index is -2.31. The van der Waals surface area contributed by atoms with Gasteiger partial charge in [-0.3, -0.25) is 4.98 Å². The third-order valence-electron chi connectivity index (χ3n) is 1.76. The molecular formula is C9H12F2N2. The van der Waals surface area contributed by atoms with Gasteiger partial charge in [-0.05, 0) is 18.6 Å². The first-order chi connectivity index (χ1) is 6.20. The summed E-state index contributed by atoms with van der Waals surface area (Å²) in [6.07, 6.45) is 1.02. The molecule has 0 radical (unpaired) electrons. The summed E-state index contributed by atoms with van der Waals surface area (Å²) in [6, 6.07) is 3.56. The highest BCUT2D eigenvalue weighted by Crippen LogP contribution is 2.09. The van der Waals surface area contributed by atoms with Crippen molar-refractivity contribution < 1.29 is 8.78 Å². The molecule has 1 aromatic heterocycles. The van der Waals surface area contributed by atoms with Crippen LogP contribution in [0.15, 0.2) is 24.5 Å². The molecule has 1 rings (SSSR count). The van der Waals surface area contributed by atoms with E-state index in [-0.39, 0.29) is 12.6 Å². The highest BCUT2D eigenvalue weighted by molar-refractivity contribution is 5.12. The first-order valence-electron chi connectivity index (χ1n) is 4.11. The number of aromatic nitrogens is 1. The monoisotopic (exact) mass is 186 g/mol. The molecule has 13 heavy (non-hydrogen) atoms. The van der Waals surface area contributed by atoms with E-state index >= 15 is 0 Å². The van der Waals surface area contributed by atoms with Gasteiger partial charge in [0.2, 0.25) is 0 Å². The molecule has 1 aromatic rings. The van der Waals surface area contributed by atoms with E-state index in [4.69, 9.17) is 0 Å². The SMILES string of the molecule is C[C@@H](NCC(F)F)c1cccnc1. The van der Waals surface area contributed by atoms with Crippen molar-refractivity contribution in [3.63, 3.8) is 0 Å². The molecule has 1 N–H and O–H groups in total. The first kappa shape index (κ1) is 10.1. The fraction of sp³-hybridized carbons (Fsp3) is 0.444. The number of nitrogens with one attached hydrogen (secondary N) is 1. The summed E-state index contributed by atoms with van der Waals surface area (Å²) in [5.41, 5.74) is 0.920. The van der Waals surface area contributed by atoms with Crippen molar-refractivity contribution in [2.45, 2.75) is 19.4 Å². The van der Waals surface area contributed by atoms with Crippen LogP contribution in [-0.2, 0) is 0 Å². The summed E-state index contributed by atoms with van der Waals surface area (Å²) >= 11 is 0. The molecule has 0 amide bonds. The Kier molecular flexibility index (Phi) is 3.76. The Morgan fingerprint density at radius 3 is 2.85 bits per heavy atom. The average molecular weight is 186 g/mol. The van der Waals surface area contributed by atoms with Gasteiger partial charge in [0, 0.05) is 18.4 Å². The lowest BCUT2D eigenvalue weighted by atomic mass is 10.1. The molecule has 0 saturated carbocycles. The molecule has 0 aliphatic carbocycles. The van der Waals surface area contributed by atoms with Crippen LogP contribution >= 0.6 is 0 Å². The summed E-state index contributed by atoms with van der Waals surface area (Å²) in [6.45, 7) is 1.55. The van der Waals surface area contributed by atoms with E-state index in [1.165, 1.54) is 0 Å². The highest BCUT2D eigenvalue weighted by atomic mass is 19.3. The Bertz CT molecular complexity index is 239. The van der Waals surface area contributed by atoms with Gasteiger partial charge in [0.05, 0.1) is 6.54 Å². The number of halogens is 2. The van der Waals surface area contributed by atoms with Crippen LogP contribution in [-0.4, -0.2) is 18.0 Å². The van der Waals surface area contributed by atoms with Gasteiger partial charge >= 0.3 is 0 Å². The van der Waals surface area contributed by atoms with E-state index in [1.807, 2.05) is 13.0 Å². The van der Waals surface area contributed by atoms with Crippen molar-refractivity contribution in [2.75, 3.05) is 6.54 Å². The minimum Gasteiger partial charge on any atom is -0.305 e. The lowest BCUT2D eigenvalue weighted by Crippen LogP contribution is -2.24. The Morgan fingerprint density at radius 1 is 1.54 bits per heavy atom. The summed E-state index contributed by atoms with van der Waals surface area (Å²) < 4.78 is 23.7. The third-order valence-corrected chi connectivity index (χ3v) is 1.76. The summed E-state index contributed by atoms with van der Waals surface area (Å²) in [5, 5.41) is 2.71. The molecular weight excluding hydrogens is 174 g/mol. The molecule has 0 fully saturated rings. The lowest BCUT2D eigenvalue weighted by molar-refractivity contribution is 0.142. The van der Waals surface area contributed by atoms with Crippen LogP contribution in [0.1, 0.15) is 18.5 Å².